The van der Waals surface area contributed by atoms with Crippen LogP contribution >= 0.6 is 11.6 Å². The summed E-state index contributed by atoms with van der Waals surface area (Å²) < 4.78 is 17.7. The van der Waals surface area contributed by atoms with Crippen molar-refractivity contribution < 1.29 is 9.18 Å². The molecular formula is C25H22ClFN10O. The molecule has 0 aromatic carbocycles. The number of amides is 1. The van der Waals surface area contributed by atoms with Crippen LogP contribution in [0.5, 0.6) is 0 Å². The van der Waals surface area contributed by atoms with Gasteiger partial charge in [0.1, 0.15) is 0 Å². The normalized spacial score (nSPS) is 21.5. The van der Waals surface area contributed by atoms with E-state index in [1.54, 1.807) is 12.3 Å². The zero-order valence-corrected chi connectivity index (χ0v) is 21.3. The molecule has 2 atom stereocenters. The van der Waals surface area contributed by atoms with Crippen molar-refractivity contribution in [3.8, 4) is 5.82 Å². The van der Waals surface area contributed by atoms with Crippen LogP contribution in [-0.2, 0) is 15.7 Å². The van der Waals surface area contributed by atoms with Crippen molar-refractivity contribution in [3.05, 3.63) is 77.1 Å². The molecule has 2 aliphatic rings. The first-order chi connectivity index (χ1) is 18.2. The van der Waals surface area contributed by atoms with Gasteiger partial charge in [0.15, 0.2) is 11.5 Å². The molecule has 0 radical (unpaired) electrons. The Morgan fingerprint density at radius 3 is 2.63 bits per heavy atom. The quantitative estimate of drug-likeness (QED) is 0.367. The van der Waals surface area contributed by atoms with Crippen LogP contribution in [0.3, 0.4) is 0 Å². The minimum Gasteiger partial charge on any atom is -0.324 e. The molecule has 1 amide bonds. The Labute approximate surface area is 220 Å². The molecule has 0 bridgehead atoms. The third-order valence-corrected chi connectivity index (χ3v) is 8.03. The molecule has 13 heteroatoms. The minimum absolute atomic E-state index is 0.0162. The van der Waals surface area contributed by atoms with Crippen LogP contribution in [0, 0.1) is 5.95 Å². The van der Waals surface area contributed by atoms with Crippen molar-refractivity contribution in [2.45, 2.75) is 50.0 Å². The van der Waals surface area contributed by atoms with E-state index in [0.29, 0.717) is 29.1 Å². The minimum atomic E-state index is -0.661. The van der Waals surface area contributed by atoms with Crippen LogP contribution in [0.2, 0.25) is 5.02 Å². The summed E-state index contributed by atoms with van der Waals surface area (Å²) in [5.74, 6) is -1.12. The number of carbonyl (C=O) groups excluding carboxylic acids is 1. The van der Waals surface area contributed by atoms with E-state index in [4.69, 9.17) is 11.6 Å². The lowest BCUT2D eigenvalue weighted by molar-refractivity contribution is -0.117. The smallest absolute Gasteiger partial charge is 0.235 e. The van der Waals surface area contributed by atoms with E-state index in [1.165, 1.54) is 34.0 Å². The number of nitrogens with zero attached hydrogens (tertiary/aromatic N) is 9. The number of anilines is 1. The van der Waals surface area contributed by atoms with Gasteiger partial charge in [-0.25, -0.2) is 14.5 Å². The number of nitrogens with one attached hydrogen (secondary N) is 1. The van der Waals surface area contributed by atoms with E-state index in [1.807, 2.05) is 24.0 Å². The molecular weight excluding hydrogens is 511 g/mol. The highest BCUT2D eigenvalue weighted by molar-refractivity contribution is 6.32. The average molecular weight is 533 g/mol. The van der Waals surface area contributed by atoms with Gasteiger partial charge in [-0.15, -0.1) is 9.90 Å². The maximum absolute atomic E-state index is 14.2. The summed E-state index contributed by atoms with van der Waals surface area (Å²) in [6.45, 7) is 4.21. The van der Waals surface area contributed by atoms with Crippen molar-refractivity contribution in [2.24, 2.45) is 0 Å². The third-order valence-electron chi connectivity index (χ3n) is 7.75. The van der Waals surface area contributed by atoms with Crippen LogP contribution in [0.4, 0.5) is 10.1 Å². The predicted molar refractivity (Wildman–Crippen MR) is 135 cm³/mol. The molecule has 11 nitrogen and oxygen atoms in total. The first-order valence-corrected chi connectivity index (χ1v) is 12.6. The van der Waals surface area contributed by atoms with Gasteiger partial charge in [-0.3, -0.25) is 9.48 Å². The fourth-order valence-electron chi connectivity index (χ4n) is 5.34. The molecule has 2 aliphatic carbocycles. The Bertz CT molecular complexity index is 1720. The first kappa shape index (κ1) is 23.0. The molecule has 0 unspecified atom stereocenters. The molecule has 0 saturated heterocycles. The van der Waals surface area contributed by atoms with E-state index in [9.17, 15) is 9.18 Å². The first-order valence-electron chi connectivity index (χ1n) is 12.2. The molecule has 38 heavy (non-hydrogen) atoms. The standard InChI is InChI=1S/C25H22ClFN10O/c1-24(3-4-24)35-13-14(10-32-35)25(2)9-16(17-12-28-20-8-19(27)34-36(20)21(17)25)23(38)33-15-7-18(26)22(29-11-15)37-30-5-6-31-37/h5-8,10-13,16H,3-4,9H2,1-2H3,(H,33,38)/t16-,25+/m0/s1. The van der Waals surface area contributed by atoms with Crippen molar-refractivity contribution in [2.75, 3.05) is 5.32 Å². The van der Waals surface area contributed by atoms with Crippen LogP contribution in [0.1, 0.15) is 55.8 Å². The summed E-state index contributed by atoms with van der Waals surface area (Å²) in [5.41, 5.74) is 2.51. The van der Waals surface area contributed by atoms with Crippen LogP contribution in [0.15, 0.2) is 49.3 Å². The van der Waals surface area contributed by atoms with Crippen molar-refractivity contribution in [1.82, 2.24) is 44.4 Å². The maximum Gasteiger partial charge on any atom is 0.235 e. The molecule has 7 rings (SSSR count). The van der Waals surface area contributed by atoms with Gasteiger partial charge in [0.05, 0.1) is 52.6 Å². The highest BCUT2D eigenvalue weighted by Gasteiger charge is 2.49. The summed E-state index contributed by atoms with van der Waals surface area (Å²) >= 11 is 6.40. The highest BCUT2D eigenvalue weighted by atomic mass is 35.5. The number of halogens is 2. The van der Waals surface area contributed by atoms with E-state index >= 15 is 0 Å². The molecule has 1 saturated carbocycles. The lowest BCUT2D eigenvalue weighted by atomic mass is 9.80. The van der Waals surface area contributed by atoms with E-state index < -0.39 is 17.3 Å². The lowest BCUT2D eigenvalue weighted by Crippen LogP contribution is -2.25. The molecule has 5 aromatic rings. The molecule has 1 fully saturated rings. The third kappa shape index (κ3) is 3.43. The number of carbonyl (C=O) groups is 1. The van der Waals surface area contributed by atoms with Gasteiger partial charge >= 0.3 is 0 Å². The number of hydrogen-bond donors (Lipinski definition) is 1. The fraction of sp³-hybridized carbons (Fsp3) is 0.320. The number of aromatic nitrogens is 9. The summed E-state index contributed by atoms with van der Waals surface area (Å²) in [7, 11) is 0. The number of rotatable bonds is 5. The monoisotopic (exact) mass is 532 g/mol. The SMILES string of the molecule is CC1(n2cc([C@@]3(C)C[C@H](C(=O)Nc4cnc(-n5nccn5)c(Cl)c4)c4cnc5cc(F)nn5c43)cn2)CC1. The lowest BCUT2D eigenvalue weighted by Gasteiger charge is -2.25. The molecule has 1 N–H and O–H groups in total. The Balaban J connectivity index is 1.26. The Hall–Kier alpha value is -4.19. The molecule has 192 valence electrons. The van der Waals surface area contributed by atoms with E-state index in [2.05, 4.69) is 42.6 Å². The van der Waals surface area contributed by atoms with Gasteiger partial charge in [0.25, 0.3) is 0 Å². The maximum atomic E-state index is 14.2. The van der Waals surface area contributed by atoms with E-state index in [-0.39, 0.29) is 16.5 Å². The molecule has 0 spiro atoms. The highest BCUT2D eigenvalue weighted by Crippen LogP contribution is 2.51. The van der Waals surface area contributed by atoms with Crippen molar-refractivity contribution in [1.29, 1.82) is 0 Å². The average Bonchev–Trinajstić information content (AvgIpc) is 3.40. The van der Waals surface area contributed by atoms with Gasteiger partial charge in [0, 0.05) is 35.0 Å². The molecule has 0 aliphatic heterocycles. The second-order valence-corrected chi connectivity index (χ2v) is 10.8. The van der Waals surface area contributed by atoms with Crippen molar-refractivity contribution >= 4 is 28.8 Å². The van der Waals surface area contributed by atoms with Gasteiger partial charge in [-0.05, 0) is 39.2 Å². The number of hydrogen-bond acceptors (Lipinski definition) is 7. The second-order valence-electron chi connectivity index (χ2n) is 10.4. The van der Waals surface area contributed by atoms with Gasteiger partial charge in [0.2, 0.25) is 11.9 Å². The van der Waals surface area contributed by atoms with Crippen LogP contribution in [0.25, 0.3) is 11.5 Å². The summed E-state index contributed by atoms with van der Waals surface area (Å²) in [6.07, 6.45) is 12.6. The Kier molecular flexibility index (Phi) is 4.78. The molecule has 5 aromatic heterocycles. The summed E-state index contributed by atoms with van der Waals surface area (Å²) in [6, 6.07) is 2.89. The molecule has 5 heterocycles. The Morgan fingerprint density at radius 1 is 1.11 bits per heavy atom. The van der Waals surface area contributed by atoms with Crippen LogP contribution in [-0.4, -0.2) is 50.3 Å². The Morgan fingerprint density at radius 2 is 1.89 bits per heavy atom. The number of fused-ring (bicyclic) bond motifs is 3. The van der Waals surface area contributed by atoms with Crippen LogP contribution < -0.4 is 5.32 Å². The zero-order valence-electron chi connectivity index (χ0n) is 20.5. The number of pyridine rings is 1. The van der Waals surface area contributed by atoms with Gasteiger partial charge in [-0.2, -0.15) is 19.7 Å². The fourth-order valence-corrected chi connectivity index (χ4v) is 5.59. The van der Waals surface area contributed by atoms with Crippen molar-refractivity contribution in [3.63, 3.8) is 0 Å². The predicted octanol–water partition coefficient (Wildman–Crippen LogP) is 3.64. The summed E-state index contributed by atoms with van der Waals surface area (Å²) in [4.78, 5) is 23.7. The van der Waals surface area contributed by atoms with Gasteiger partial charge in [-0.1, -0.05) is 11.6 Å². The zero-order chi connectivity index (χ0) is 26.2. The van der Waals surface area contributed by atoms with E-state index in [0.717, 1.165) is 24.1 Å². The largest absolute Gasteiger partial charge is 0.324 e. The van der Waals surface area contributed by atoms with Gasteiger partial charge < -0.3 is 5.32 Å². The second kappa shape index (κ2) is 7.90. The topological polar surface area (TPSA) is 121 Å². The summed E-state index contributed by atoms with van der Waals surface area (Å²) in [5, 5.41) is 20.0.